The predicted molar refractivity (Wildman–Crippen MR) is 71.1 cm³/mol. The zero-order valence-electron chi connectivity index (χ0n) is 10.3. The molecule has 1 aromatic heterocycles. The number of methoxy groups -OCH3 is 2. The highest BCUT2D eigenvalue weighted by Crippen LogP contribution is 2.37. The molecule has 100 valence electrons. The largest absolute Gasteiger partial charge is 0.465 e. The molecular formula is C10H12O5S3. The zero-order chi connectivity index (χ0) is 13.9. The Bertz CT molecular complexity index is 506. The molecule has 18 heavy (non-hydrogen) atoms. The molecule has 0 saturated carbocycles. The first-order valence-corrected chi connectivity index (χ1v) is 8.28. The molecule has 5 nitrogen and oxygen atoms in total. The Balaban J connectivity index is 3.58. The minimum Gasteiger partial charge on any atom is -0.465 e. The van der Waals surface area contributed by atoms with Gasteiger partial charge in [0.2, 0.25) is 0 Å². The Hall–Kier alpha value is -0.860. The Morgan fingerprint density at radius 2 is 1.67 bits per heavy atom. The van der Waals surface area contributed by atoms with Crippen molar-refractivity contribution >= 4 is 45.8 Å². The van der Waals surface area contributed by atoms with E-state index in [9.17, 15) is 13.8 Å². The van der Waals surface area contributed by atoms with E-state index < -0.39 is 22.7 Å². The van der Waals surface area contributed by atoms with Crippen LogP contribution in [0.25, 0.3) is 0 Å². The van der Waals surface area contributed by atoms with Crippen molar-refractivity contribution in [2.75, 3.05) is 26.7 Å². The molecule has 1 rings (SSSR count). The number of ether oxygens (including phenoxy) is 2. The number of thioether (sulfide) groups is 1. The van der Waals surface area contributed by atoms with Gasteiger partial charge in [-0.05, 0) is 6.26 Å². The van der Waals surface area contributed by atoms with Gasteiger partial charge in [-0.3, -0.25) is 4.21 Å². The van der Waals surface area contributed by atoms with E-state index >= 15 is 0 Å². The zero-order valence-corrected chi connectivity index (χ0v) is 12.7. The SMILES string of the molecule is COC(=O)c1c(SC)sc(S(C)=O)c1C(=O)OC. The second kappa shape index (κ2) is 6.35. The molecule has 0 amide bonds. The van der Waals surface area contributed by atoms with Crippen LogP contribution in [0.2, 0.25) is 0 Å². The average molecular weight is 308 g/mol. The summed E-state index contributed by atoms with van der Waals surface area (Å²) in [4.78, 5) is 23.5. The van der Waals surface area contributed by atoms with Crippen molar-refractivity contribution in [1.29, 1.82) is 0 Å². The van der Waals surface area contributed by atoms with Crippen LogP contribution in [0.3, 0.4) is 0 Å². The number of hydrogen-bond acceptors (Lipinski definition) is 7. The first-order valence-electron chi connectivity index (χ1n) is 4.68. The third-order valence-electron chi connectivity index (χ3n) is 2.07. The van der Waals surface area contributed by atoms with Crippen LogP contribution in [-0.4, -0.2) is 42.9 Å². The lowest BCUT2D eigenvalue weighted by atomic mass is 10.2. The Morgan fingerprint density at radius 3 is 2.06 bits per heavy atom. The van der Waals surface area contributed by atoms with E-state index in [0.29, 0.717) is 8.42 Å². The standard InChI is InChI=1S/C10H12O5S3/c1-14-7(11)5-6(8(12)15-2)10(18(4)13)17-9(5)16-3/h1-4H3. The lowest BCUT2D eigenvalue weighted by molar-refractivity contribution is 0.0551. The van der Waals surface area contributed by atoms with E-state index in [1.165, 1.54) is 32.2 Å². The predicted octanol–water partition coefficient (Wildman–Crippen LogP) is 1.78. The molecule has 0 aliphatic rings. The Kier molecular flexibility index (Phi) is 5.36. The summed E-state index contributed by atoms with van der Waals surface area (Å²) in [7, 11) is 1.06. The average Bonchev–Trinajstić information content (AvgIpc) is 2.76. The number of thiophene rings is 1. The van der Waals surface area contributed by atoms with Crippen LogP contribution in [-0.2, 0) is 20.3 Å². The smallest absolute Gasteiger partial charge is 0.340 e. The summed E-state index contributed by atoms with van der Waals surface area (Å²) in [5.74, 6) is -1.31. The fourth-order valence-corrected chi connectivity index (χ4v) is 4.38. The van der Waals surface area contributed by atoms with Gasteiger partial charge >= 0.3 is 11.9 Å². The molecule has 1 heterocycles. The minimum absolute atomic E-state index is 0.0412. The highest BCUT2D eigenvalue weighted by molar-refractivity contribution is 8.00. The van der Waals surface area contributed by atoms with E-state index in [1.54, 1.807) is 6.26 Å². The van der Waals surface area contributed by atoms with Crippen molar-refractivity contribution in [3.05, 3.63) is 11.1 Å². The maximum atomic E-state index is 11.7. The van der Waals surface area contributed by atoms with E-state index in [1.807, 2.05) is 0 Å². The molecule has 1 atom stereocenters. The van der Waals surface area contributed by atoms with E-state index in [2.05, 4.69) is 9.47 Å². The van der Waals surface area contributed by atoms with Crippen molar-refractivity contribution in [3.8, 4) is 0 Å². The molecule has 0 aliphatic heterocycles. The van der Waals surface area contributed by atoms with Crippen molar-refractivity contribution in [1.82, 2.24) is 0 Å². The summed E-state index contributed by atoms with van der Waals surface area (Å²) in [5.41, 5.74) is 0.173. The van der Waals surface area contributed by atoms with Crippen LogP contribution >= 0.6 is 23.1 Å². The molecule has 0 fully saturated rings. The summed E-state index contributed by atoms with van der Waals surface area (Å²) in [6, 6.07) is 0. The van der Waals surface area contributed by atoms with Crippen LogP contribution < -0.4 is 0 Å². The molecule has 1 unspecified atom stereocenters. The molecule has 1 aromatic rings. The summed E-state index contributed by atoms with van der Waals surface area (Å²) in [6.07, 6.45) is 3.21. The van der Waals surface area contributed by atoms with Crippen LogP contribution in [0.4, 0.5) is 0 Å². The number of carbonyl (C=O) groups excluding carboxylic acids is 2. The molecule has 0 spiro atoms. The lowest BCUT2D eigenvalue weighted by Gasteiger charge is -2.03. The Morgan fingerprint density at radius 1 is 1.17 bits per heavy atom. The second-order valence-corrected chi connectivity index (χ2v) is 6.74. The van der Waals surface area contributed by atoms with E-state index in [0.717, 1.165) is 11.3 Å². The summed E-state index contributed by atoms with van der Waals surface area (Å²) in [6.45, 7) is 0. The van der Waals surface area contributed by atoms with Crippen LogP contribution in [0.15, 0.2) is 8.42 Å². The van der Waals surface area contributed by atoms with E-state index in [-0.39, 0.29) is 11.1 Å². The van der Waals surface area contributed by atoms with Crippen LogP contribution in [0, 0.1) is 0 Å². The number of carbonyl (C=O) groups is 2. The molecule has 0 N–H and O–H groups in total. The van der Waals surface area contributed by atoms with Gasteiger partial charge in [0.15, 0.2) is 0 Å². The summed E-state index contributed by atoms with van der Waals surface area (Å²) >= 11 is 2.44. The van der Waals surface area contributed by atoms with Crippen molar-refractivity contribution in [2.45, 2.75) is 8.42 Å². The Labute approximate surface area is 115 Å². The normalized spacial score (nSPS) is 12.0. The lowest BCUT2D eigenvalue weighted by Crippen LogP contribution is -2.12. The quantitative estimate of drug-likeness (QED) is 0.624. The van der Waals surface area contributed by atoms with Gasteiger partial charge in [-0.1, -0.05) is 0 Å². The number of rotatable bonds is 4. The van der Waals surface area contributed by atoms with Gasteiger partial charge in [-0.15, -0.1) is 23.1 Å². The highest BCUT2D eigenvalue weighted by atomic mass is 32.2. The van der Waals surface area contributed by atoms with Crippen LogP contribution in [0.1, 0.15) is 20.7 Å². The van der Waals surface area contributed by atoms with Gasteiger partial charge in [0.1, 0.15) is 9.77 Å². The van der Waals surface area contributed by atoms with Gasteiger partial charge in [-0.25, -0.2) is 9.59 Å². The molecule has 0 aromatic carbocycles. The molecule has 0 bridgehead atoms. The van der Waals surface area contributed by atoms with Gasteiger partial charge in [0, 0.05) is 6.26 Å². The molecular weight excluding hydrogens is 296 g/mol. The summed E-state index contributed by atoms with van der Waals surface area (Å²) < 4.78 is 21.8. The fourth-order valence-electron chi connectivity index (χ4n) is 1.31. The molecule has 0 aliphatic carbocycles. The van der Waals surface area contributed by atoms with Crippen molar-refractivity contribution in [3.63, 3.8) is 0 Å². The second-order valence-electron chi connectivity index (χ2n) is 3.07. The van der Waals surface area contributed by atoms with Gasteiger partial charge in [-0.2, -0.15) is 0 Å². The monoisotopic (exact) mass is 308 g/mol. The maximum Gasteiger partial charge on any atom is 0.340 e. The fraction of sp³-hybridized carbons (Fsp3) is 0.400. The van der Waals surface area contributed by atoms with Gasteiger partial charge < -0.3 is 9.47 Å². The van der Waals surface area contributed by atoms with Crippen molar-refractivity contribution < 1.29 is 23.3 Å². The number of esters is 2. The topological polar surface area (TPSA) is 69.7 Å². The summed E-state index contributed by atoms with van der Waals surface area (Å²) in [5, 5.41) is 0. The molecule has 0 radical (unpaired) electrons. The molecule has 8 heteroatoms. The highest BCUT2D eigenvalue weighted by Gasteiger charge is 2.30. The van der Waals surface area contributed by atoms with Gasteiger partial charge in [0.25, 0.3) is 0 Å². The third-order valence-corrected chi connectivity index (χ3v) is 5.85. The van der Waals surface area contributed by atoms with Crippen LogP contribution in [0.5, 0.6) is 0 Å². The van der Waals surface area contributed by atoms with Gasteiger partial charge in [0.05, 0.1) is 34.8 Å². The van der Waals surface area contributed by atoms with E-state index in [4.69, 9.17) is 0 Å². The molecule has 0 saturated heterocycles. The first-order chi connectivity index (χ1) is 8.47. The first kappa shape index (κ1) is 15.2. The van der Waals surface area contributed by atoms with Crippen molar-refractivity contribution in [2.24, 2.45) is 0 Å². The number of hydrogen-bond donors (Lipinski definition) is 0. The maximum absolute atomic E-state index is 11.7. The third kappa shape index (κ3) is 2.76. The minimum atomic E-state index is -1.38.